The highest BCUT2D eigenvalue weighted by atomic mass is 35.5. The zero-order chi connectivity index (χ0) is 24.6. The topological polar surface area (TPSA) is 78.4 Å². The average molecular weight is 503 g/mol. The Bertz CT molecular complexity index is 1220. The normalized spacial score (nSPS) is 18.6. The van der Waals surface area contributed by atoms with Crippen LogP contribution in [0.25, 0.3) is 10.9 Å². The molecule has 1 aliphatic carbocycles. The van der Waals surface area contributed by atoms with Crippen molar-refractivity contribution in [3.63, 3.8) is 0 Å². The Morgan fingerprint density at radius 1 is 1.09 bits per heavy atom. The van der Waals surface area contributed by atoms with E-state index in [0.29, 0.717) is 15.5 Å². The fraction of sp³-hybridized carbons (Fsp3) is 0.400. The van der Waals surface area contributed by atoms with E-state index in [2.05, 4.69) is 19.4 Å². The Morgan fingerprint density at radius 3 is 2.44 bits per heavy atom. The Kier molecular flexibility index (Phi) is 6.90. The van der Waals surface area contributed by atoms with Crippen molar-refractivity contribution >= 4 is 51.8 Å². The largest absolute Gasteiger partial charge is 0.506 e. The fourth-order valence-electron chi connectivity index (χ4n) is 4.68. The predicted molar refractivity (Wildman–Crippen MR) is 139 cm³/mol. The van der Waals surface area contributed by atoms with Gasteiger partial charge in [-0.1, -0.05) is 35.3 Å². The van der Waals surface area contributed by atoms with Gasteiger partial charge in [0.15, 0.2) is 0 Å². The molecule has 4 rings (SSSR count). The quantitative estimate of drug-likeness (QED) is 0.479. The first-order valence-corrected chi connectivity index (χ1v) is 12.1. The van der Waals surface area contributed by atoms with Gasteiger partial charge in [-0.15, -0.1) is 0 Å². The van der Waals surface area contributed by atoms with Crippen molar-refractivity contribution in [1.29, 1.82) is 0 Å². The molecule has 1 heterocycles. The van der Waals surface area contributed by atoms with Crippen LogP contribution in [0, 0.1) is 0 Å². The number of nitrogens with zero attached hydrogens (tertiary/aromatic N) is 4. The number of aromatic nitrogens is 2. The summed E-state index contributed by atoms with van der Waals surface area (Å²) in [5.74, 6) is 1.08. The van der Waals surface area contributed by atoms with Gasteiger partial charge in [-0.25, -0.2) is 0 Å². The van der Waals surface area contributed by atoms with Gasteiger partial charge in [-0.2, -0.15) is 9.97 Å². The zero-order valence-corrected chi connectivity index (χ0v) is 21.4. The third-order valence-corrected chi connectivity index (χ3v) is 7.23. The van der Waals surface area contributed by atoms with Gasteiger partial charge in [-0.05, 0) is 37.1 Å². The molecule has 0 atom stereocenters. The van der Waals surface area contributed by atoms with Gasteiger partial charge in [0, 0.05) is 43.4 Å². The first kappa shape index (κ1) is 24.5. The number of aromatic hydroxyl groups is 1. The molecular formula is C25H30Cl2N5O2+. The number of nitrogens with one attached hydrogen (secondary N) is 1. The molecule has 0 spiro atoms. The molecule has 3 aromatic rings. The molecular weight excluding hydrogens is 473 g/mol. The highest BCUT2D eigenvalue weighted by Gasteiger charge is 2.38. The molecule has 0 saturated heterocycles. The number of phenols is 1. The monoisotopic (exact) mass is 502 g/mol. The molecule has 34 heavy (non-hydrogen) atoms. The van der Waals surface area contributed by atoms with Crippen molar-refractivity contribution in [3.05, 3.63) is 52.0 Å². The maximum atomic E-state index is 12.7. The molecule has 7 nitrogen and oxygen atoms in total. The number of fused-ring (bicyclic) bond motifs is 1. The number of benzene rings is 2. The van der Waals surface area contributed by atoms with Crippen LogP contribution in [0.4, 0.5) is 11.8 Å². The lowest BCUT2D eigenvalue weighted by Crippen LogP contribution is -2.54. The number of carbonyl (C=O) groups excluding carboxylic acids is 1. The van der Waals surface area contributed by atoms with Gasteiger partial charge in [-0.3, -0.25) is 9.28 Å². The van der Waals surface area contributed by atoms with Gasteiger partial charge >= 0.3 is 5.95 Å². The molecule has 0 bridgehead atoms. The van der Waals surface area contributed by atoms with Gasteiger partial charge in [0.05, 0.1) is 36.2 Å². The summed E-state index contributed by atoms with van der Waals surface area (Å²) >= 11 is 12.0. The summed E-state index contributed by atoms with van der Waals surface area (Å²) in [6, 6.07) is 11.3. The number of halogens is 2. The van der Waals surface area contributed by atoms with Crippen molar-refractivity contribution in [1.82, 2.24) is 19.8 Å². The van der Waals surface area contributed by atoms with E-state index in [4.69, 9.17) is 33.2 Å². The van der Waals surface area contributed by atoms with E-state index in [0.717, 1.165) is 48.4 Å². The molecule has 9 heteroatoms. The number of hydrogen-bond donors (Lipinski definition) is 2. The highest BCUT2D eigenvalue weighted by Crippen LogP contribution is 2.34. The number of carbonyl (C=O) groups is 1. The third-order valence-electron chi connectivity index (χ3n) is 6.73. The molecule has 1 amide bonds. The summed E-state index contributed by atoms with van der Waals surface area (Å²) in [6.07, 6.45) is 3.46. The van der Waals surface area contributed by atoms with Crippen molar-refractivity contribution in [2.45, 2.75) is 37.8 Å². The Hall–Kier alpha value is -2.61. The van der Waals surface area contributed by atoms with Gasteiger partial charge in [0.25, 0.3) is 5.91 Å². The van der Waals surface area contributed by atoms with Gasteiger partial charge in [0.2, 0.25) is 0 Å². The Labute approximate surface area is 209 Å². The smallest absolute Gasteiger partial charge is 0.331 e. The summed E-state index contributed by atoms with van der Waals surface area (Å²) < 4.78 is 0.566. The summed E-state index contributed by atoms with van der Waals surface area (Å²) in [7, 11) is 8.30. The lowest BCUT2D eigenvalue weighted by Gasteiger charge is -2.39. The summed E-state index contributed by atoms with van der Waals surface area (Å²) in [5.41, 5.74) is 1.03. The number of phenolic OH excluding ortho intramolecular Hbond substituents is 1. The third kappa shape index (κ3) is 4.78. The molecule has 1 saturated carbocycles. The molecule has 0 radical (unpaired) electrons. The van der Waals surface area contributed by atoms with Gasteiger partial charge in [0.1, 0.15) is 11.6 Å². The van der Waals surface area contributed by atoms with E-state index < -0.39 is 0 Å². The fourth-order valence-corrected chi connectivity index (χ4v) is 5.17. The van der Waals surface area contributed by atoms with Crippen LogP contribution in [-0.4, -0.2) is 61.3 Å². The van der Waals surface area contributed by atoms with E-state index in [1.165, 1.54) is 12.1 Å². The van der Waals surface area contributed by atoms with Gasteiger partial charge < -0.3 is 15.3 Å². The van der Waals surface area contributed by atoms with E-state index in [1.807, 2.05) is 43.3 Å². The van der Waals surface area contributed by atoms with E-state index in [9.17, 15) is 9.90 Å². The number of para-hydroxylation sites is 1. The molecule has 1 aliphatic rings. The highest BCUT2D eigenvalue weighted by molar-refractivity contribution is 6.36. The Balaban J connectivity index is 1.48. The number of rotatable bonds is 5. The maximum Gasteiger partial charge on any atom is 0.331 e. The lowest BCUT2D eigenvalue weighted by molar-refractivity contribution is 0.0913. The number of anilines is 1. The Morgan fingerprint density at radius 2 is 1.76 bits per heavy atom. The van der Waals surface area contributed by atoms with Crippen LogP contribution in [0.2, 0.25) is 10.0 Å². The predicted octanol–water partition coefficient (Wildman–Crippen LogP) is 5.02. The van der Waals surface area contributed by atoms with E-state index >= 15 is 0 Å². The number of quaternary nitrogens is 1. The second-order valence-corrected chi connectivity index (χ2v) is 10.4. The molecule has 1 fully saturated rings. The standard InChI is InChI=1S/C25H29Cl2N5O2/c1-31(2)23-18-7-5-6-8-21(18)29-25(30-23)32(3,4)17-11-9-16(10-12-17)28-24(34)19-13-15(26)14-20(27)22(19)33/h5-8,13-14,16-17H,9-12H2,1-4H3,(H-,28,33,34)/p+1. The van der Waals surface area contributed by atoms with E-state index in [-0.39, 0.29) is 28.3 Å². The van der Waals surface area contributed by atoms with Crippen molar-refractivity contribution in [3.8, 4) is 5.75 Å². The number of hydrogen-bond acceptors (Lipinski definition) is 5. The van der Waals surface area contributed by atoms with Crippen LogP contribution < -0.4 is 14.7 Å². The van der Waals surface area contributed by atoms with Crippen molar-refractivity contribution in [2.75, 3.05) is 33.1 Å². The van der Waals surface area contributed by atoms with Crippen LogP contribution in [0.15, 0.2) is 36.4 Å². The van der Waals surface area contributed by atoms with Crippen LogP contribution in [-0.2, 0) is 0 Å². The summed E-state index contributed by atoms with van der Waals surface area (Å²) in [6.45, 7) is 0. The molecule has 1 aromatic heterocycles. The number of amides is 1. The van der Waals surface area contributed by atoms with E-state index in [1.54, 1.807) is 0 Å². The first-order chi connectivity index (χ1) is 16.1. The van der Waals surface area contributed by atoms with Crippen LogP contribution in [0.1, 0.15) is 36.0 Å². The molecule has 2 aromatic carbocycles. The second-order valence-electron chi connectivity index (χ2n) is 9.56. The molecule has 2 N–H and O–H groups in total. The van der Waals surface area contributed by atoms with Crippen molar-refractivity contribution < 1.29 is 9.90 Å². The molecule has 0 unspecified atom stereocenters. The SMILES string of the molecule is CN(C)c1nc([N+](C)(C)C2CCC(NC(=O)c3cc(Cl)cc(Cl)c3O)CC2)nc2ccccc12. The summed E-state index contributed by atoms with van der Waals surface area (Å²) in [4.78, 5) is 24.6. The van der Waals surface area contributed by atoms with Crippen molar-refractivity contribution in [2.24, 2.45) is 0 Å². The maximum absolute atomic E-state index is 12.7. The lowest BCUT2D eigenvalue weighted by atomic mass is 9.89. The first-order valence-electron chi connectivity index (χ1n) is 11.3. The minimum atomic E-state index is -0.368. The minimum Gasteiger partial charge on any atom is -0.506 e. The second kappa shape index (κ2) is 9.56. The average Bonchev–Trinajstić information content (AvgIpc) is 2.80. The molecule has 180 valence electrons. The van der Waals surface area contributed by atoms with Crippen LogP contribution >= 0.6 is 23.2 Å². The minimum absolute atomic E-state index is 0.00997. The van der Waals surface area contributed by atoms with Crippen LogP contribution in [0.3, 0.4) is 0 Å². The summed E-state index contributed by atoms with van der Waals surface area (Å²) in [5, 5.41) is 14.6. The molecule has 0 aliphatic heterocycles. The van der Waals surface area contributed by atoms with Crippen LogP contribution in [0.5, 0.6) is 5.75 Å². The zero-order valence-electron chi connectivity index (χ0n) is 19.8.